The van der Waals surface area contributed by atoms with Crippen LogP contribution in [0.5, 0.6) is 0 Å². The molecule has 1 aromatic carbocycles. The van der Waals surface area contributed by atoms with Gasteiger partial charge in [-0.3, -0.25) is 15.0 Å². The van der Waals surface area contributed by atoms with Crippen molar-refractivity contribution in [1.82, 2.24) is 9.80 Å². The molecule has 0 bridgehead atoms. The van der Waals surface area contributed by atoms with Crippen LogP contribution >= 0.6 is 24.0 Å². The summed E-state index contributed by atoms with van der Waals surface area (Å²) in [5.41, 5.74) is 0.471. The molecule has 1 saturated heterocycles. The Balaban J connectivity index is 2.18. The van der Waals surface area contributed by atoms with Gasteiger partial charge in [0.05, 0.1) is 30.1 Å². The third kappa shape index (κ3) is 4.18. The molecule has 126 valence electrons. The Morgan fingerprint density at radius 3 is 2.61 bits per heavy atom. The summed E-state index contributed by atoms with van der Waals surface area (Å²) >= 11 is 6.84. The molecular formula is C14H19N3O4S2. The highest BCUT2D eigenvalue weighted by Crippen LogP contribution is 2.28. The maximum absolute atomic E-state index is 10.7. The first-order chi connectivity index (χ1) is 11.0. The van der Waals surface area contributed by atoms with Crippen molar-refractivity contribution in [3.8, 4) is 0 Å². The molecule has 0 amide bonds. The van der Waals surface area contributed by atoms with Gasteiger partial charge in [0.15, 0.2) is 0 Å². The first-order valence-corrected chi connectivity index (χ1v) is 8.56. The van der Waals surface area contributed by atoms with Gasteiger partial charge >= 0.3 is 0 Å². The Morgan fingerprint density at radius 1 is 1.43 bits per heavy atom. The molecule has 1 aliphatic heterocycles. The van der Waals surface area contributed by atoms with Crippen LogP contribution in [-0.2, 0) is 0 Å². The van der Waals surface area contributed by atoms with Gasteiger partial charge in [-0.15, -0.1) is 0 Å². The molecule has 1 unspecified atom stereocenters. The second kappa shape index (κ2) is 8.02. The number of nitro benzene ring substituents is 1. The normalized spacial score (nSPS) is 18.7. The average molecular weight is 357 g/mol. The maximum atomic E-state index is 10.7. The lowest BCUT2D eigenvalue weighted by molar-refractivity contribution is -0.384. The molecule has 1 aliphatic rings. The van der Waals surface area contributed by atoms with Crippen LogP contribution in [0, 0.1) is 10.1 Å². The van der Waals surface area contributed by atoms with Gasteiger partial charge in [0.1, 0.15) is 10.4 Å². The molecule has 9 heteroatoms. The van der Waals surface area contributed by atoms with Crippen LogP contribution in [0.25, 0.3) is 0 Å². The lowest BCUT2D eigenvalue weighted by atomic mass is 10.0. The van der Waals surface area contributed by atoms with Gasteiger partial charge in [-0.25, -0.2) is 0 Å². The van der Waals surface area contributed by atoms with E-state index in [1.54, 1.807) is 4.90 Å². The smallest absolute Gasteiger partial charge is 0.269 e. The van der Waals surface area contributed by atoms with Crippen molar-refractivity contribution in [2.24, 2.45) is 0 Å². The second-order valence-electron chi connectivity index (χ2n) is 5.18. The fourth-order valence-corrected chi connectivity index (χ4v) is 3.63. The van der Waals surface area contributed by atoms with E-state index in [4.69, 9.17) is 12.2 Å². The molecular weight excluding hydrogens is 338 g/mol. The maximum Gasteiger partial charge on any atom is 0.269 e. The Kier molecular flexibility index (Phi) is 6.31. The van der Waals surface area contributed by atoms with Gasteiger partial charge in [0, 0.05) is 12.1 Å². The predicted molar refractivity (Wildman–Crippen MR) is 93.1 cm³/mol. The lowest BCUT2D eigenvalue weighted by Crippen LogP contribution is -2.52. The highest BCUT2D eigenvalue weighted by atomic mass is 32.2. The number of thiocarbonyl (C=S) groups is 1. The molecule has 0 spiro atoms. The number of non-ortho nitro benzene ring substituents is 1. The standard InChI is InChI=1S/C14H19N3O4S2/c1-2-15-8-16(14(22)23-9-15)12(7-18)13(19)10-3-5-11(6-4-10)17(20)21/h3-6,12-13,18-19H,2,7-9H2,1H3/t12?,13-/m0/s1. The molecule has 7 nitrogen and oxygen atoms in total. The van der Waals surface area contributed by atoms with E-state index in [9.17, 15) is 20.3 Å². The molecule has 0 radical (unpaired) electrons. The lowest BCUT2D eigenvalue weighted by Gasteiger charge is -2.42. The highest BCUT2D eigenvalue weighted by molar-refractivity contribution is 8.22. The number of aliphatic hydroxyl groups excluding tert-OH is 2. The fourth-order valence-electron chi connectivity index (χ4n) is 2.36. The zero-order valence-corrected chi connectivity index (χ0v) is 14.3. The molecule has 1 heterocycles. The molecule has 23 heavy (non-hydrogen) atoms. The van der Waals surface area contributed by atoms with Crippen LogP contribution in [0.2, 0.25) is 0 Å². The molecule has 0 saturated carbocycles. The Labute approximate surface area is 144 Å². The van der Waals surface area contributed by atoms with Crippen molar-refractivity contribution in [3.05, 3.63) is 39.9 Å². The first-order valence-electron chi connectivity index (χ1n) is 7.17. The SMILES string of the molecule is CCN1CSC(=S)N(C(CO)[C@@H](O)c2ccc([N+](=O)[O-])cc2)C1. The van der Waals surface area contributed by atoms with Crippen LogP contribution < -0.4 is 0 Å². The third-order valence-corrected chi connectivity index (χ3v) is 5.37. The quantitative estimate of drug-likeness (QED) is 0.450. The van der Waals surface area contributed by atoms with Gasteiger partial charge < -0.3 is 15.1 Å². The van der Waals surface area contributed by atoms with E-state index in [2.05, 4.69) is 4.90 Å². The van der Waals surface area contributed by atoms with Crippen LogP contribution in [0.1, 0.15) is 18.6 Å². The summed E-state index contributed by atoms with van der Waals surface area (Å²) in [5.74, 6) is 0.789. The molecule has 2 rings (SSSR count). The first kappa shape index (κ1) is 18.1. The summed E-state index contributed by atoms with van der Waals surface area (Å²) in [6.07, 6.45) is -0.990. The van der Waals surface area contributed by atoms with E-state index in [0.29, 0.717) is 16.6 Å². The molecule has 0 aromatic heterocycles. The number of aliphatic hydroxyl groups is 2. The minimum absolute atomic E-state index is 0.0392. The number of hydrogen-bond donors (Lipinski definition) is 2. The van der Waals surface area contributed by atoms with Crippen LogP contribution in [0.4, 0.5) is 5.69 Å². The van der Waals surface area contributed by atoms with Crippen molar-refractivity contribution < 1.29 is 15.1 Å². The summed E-state index contributed by atoms with van der Waals surface area (Å²) in [4.78, 5) is 14.2. The van der Waals surface area contributed by atoms with Crippen molar-refractivity contribution in [1.29, 1.82) is 0 Å². The van der Waals surface area contributed by atoms with Crippen LogP contribution in [0.3, 0.4) is 0 Å². The van der Waals surface area contributed by atoms with E-state index in [-0.39, 0.29) is 12.3 Å². The summed E-state index contributed by atoms with van der Waals surface area (Å²) < 4.78 is 0.634. The number of hydrogen-bond acceptors (Lipinski definition) is 7. The van der Waals surface area contributed by atoms with Crippen LogP contribution in [-0.4, -0.2) is 61.0 Å². The van der Waals surface area contributed by atoms with Crippen molar-refractivity contribution in [2.75, 3.05) is 25.7 Å². The zero-order valence-electron chi connectivity index (χ0n) is 12.7. The minimum atomic E-state index is -0.990. The van der Waals surface area contributed by atoms with Gasteiger partial charge in [0.2, 0.25) is 0 Å². The molecule has 2 N–H and O–H groups in total. The number of thioether (sulfide) groups is 1. The van der Waals surface area contributed by atoms with Gasteiger partial charge in [-0.05, 0) is 24.2 Å². The van der Waals surface area contributed by atoms with E-state index in [1.807, 2.05) is 6.92 Å². The van der Waals surface area contributed by atoms with E-state index >= 15 is 0 Å². The minimum Gasteiger partial charge on any atom is -0.394 e. The van der Waals surface area contributed by atoms with Crippen molar-refractivity contribution in [2.45, 2.75) is 19.1 Å². The van der Waals surface area contributed by atoms with Gasteiger partial charge in [-0.2, -0.15) is 0 Å². The van der Waals surface area contributed by atoms with Gasteiger partial charge in [0.25, 0.3) is 5.69 Å². The summed E-state index contributed by atoms with van der Waals surface area (Å²) in [6.45, 7) is 3.15. The van der Waals surface area contributed by atoms with Gasteiger partial charge in [-0.1, -0.05) is 30.9 Å². The third-order valence-electron chi connectivity index (χ3n) is 3.80. The number of nitro groups is 1. The zero-order chi connectivity index (χ0) is 17.0. The fraction of sp³-hybridized carbons (Fsp3) is 0.500. The van der Waals surface area contributed by atoms with Crippen molar-refractivity contribution in [3.63, 3.8) is 0 Å². The number of benzene rings is 1. The topological polar surface area (TPSA) is 90.1 Å². The molecule has 0 aliphatic carbocycles. The number of rotatable bonds is 6. The predicted octanol–water partition coefficient (Wildman–Crippen LogP) is 1.56. The molecule has 2 atom stereocenters. The monoisotopic (exact) mass is 357 g/mol. The average Bonchev–Trinajstić information content (AvgIpc) is 2.57. The largest absolute Gasteiger partial charge is 0.394 e. The summed E-state index contributed by atoms with van der Waals surface area (Å²) in [7, 11) is 0. The number of nitrogens with zero attached hydrogens (tertiary/aromatic N) is 3. The van der Waals surface area contributed by atoms with E-state index in [1.165, 1.54) is 36.0 Å². The van der Waals surface area contributed by atoms with E-state index in [0.717, 1.165) is 12.4 Å². The van der Waals surface area contributed by atoms with Crippen LogP contribution in [0.15, 0.2) is 24.3 Å². The Bertz CT molecular complexity index is 570. The second-order valence-corrected chi connectivity index (χ2v) is 6.76. The molecule has 1 aromatic rings. The highest BCUT2D eigenvalue weighted by Gasteiger charge is 2.32. The summed E-state index contributed by atoms with van der Waals surface area (Å²) in [5, 5.41) is 31.0. The Morgan fingerprint density at radius 2 is 2.09 bits per heavy atom. The molecule has 1 fully saturated rings. The summed E-state index contributed by atoms with van der Waals surface area (Å²) in [6, 6.07) is 5.10. The van der Waals surface area contributed by atoms with Crippen molar-refractivity contribution >= 4 is 34.0 Å². The van der Waals surface area contributed by atoms with E-state index < -0.39 is 17.1 Å². The Hall–Kier alpha value is -1.26.